The van der Waals surface area contributed by atoms with Crippen molar-refractivity contribution in [3.63, 3.8) is 0 Å². The van der Waals surface area contributed by atoms with Crippen LogP contribution in [0.2, 0.25) is 0 Å². The number of pyridine rings is 2. The van der Waals surface area contributed by atoms with Crippen molar-refractivity contribution in [1.29, 1.82) is 0 Å². The van der Waals surface area contributed by atoms with Crippen LogP contribution in [0.1, 0.15) is 10.5 Å². The molecule has 3 heterocycles. The van der Waals surface area contributed by atoms with E-state index in [0.29, 0.717) is 11.6 Å². The topological polar surface area (TPSA) is 131 Å². The van der Waals surface area contributed by atoms with Gasteiger partial charge in [0.1, 0.15) is 23.5 Å². The second-order valence-electron chi connectivity index (χ2n) is 4.62. The molecule has 3 aromatic heterocycles. The van der Waals surface area contributed by atoms with Gasteiger partial charge in [-0.1, -0.05) is 12.1 Å². The van der Waals surface area contributed by atoms with Crippen LogP contribution >= 0.6 is 0 Å². The molecule has 5 N–H and O–H groups in total. The monoisotopic (exact) mass is 322 g/mol. The SMILES string of the molecule is Nc1c(NNC(=O)c2ccccn2)ncnc1Nc1ccccn1. The van der Waals surface area contributed by atoms with Crippen molar-refractivity contribution in [2.75, 3.05) is 16.5 Å². The third-order valence-electron chi connectivity index (χ3n) is 2.99. The molecule has 0 saturated heterocycles. The number of hydrogen-bond donors (Lipinski definition) is 4. The van der Waals surface area contributed by atoms with Crippen molar-refractivity contribution < 1.29 is 4.79 Å². The largest absolute Gasteiger partial charge is 0.393 e. The van der Waals surface area contributed by atoms with Crippen molar-refractivity contribution >= 4 is 29.0 Å². The molecular weight excluding hydrogens is 308 g/mol. The third-order valence-corrected chi connectivity index (χ3v) is 2.99. The van der Waals surface area contributed by atoms with Gasteiger partial charge in [0, 0.05) is 12.4 Å². The van der Waals surface area contributed by atoms with Gasteiger partial charge in [-0.3, -0.25) is 20.6 Å². The molecular formula is C15H14N8O. The van der Waals surface area contributed by atoms with Gasteiger partial charge >= 0.3 is 0 Å². The lowest BCUT2D eigenvalue weighted by Crippen LogP contribution is -2.31. The van der Waals surface area contributed by atoms with Gasteiger partial charge in [0.15, 0.2) is 11.6 Å². The average Bonchev–Trinajstić information content (AvgIpc) is 2.64. The van der Waals surface area contributed by atoms with E-state index in [9.17, 15) is 4.79 Å². The lowest BCUT2D eigenvalue weighted by atomic mass is 10.3. The zero-order valence-corrected chi connectivity index (χ0v) is 12.5. The zero-order chi connectivity index (χ0) is 16.8. The highest BCUT2D eigenvalue weighted by Crippen LogP contribution is 2.24. The van der Waals surface area contributed by atoms with Crippen LogP contribution in [0.3, 0.4) is 0 Å². The maximum absolute atomic E-state index is 12.0. The van der Waals surface area contributed by atoms with Gasteiger partial charge in [0.2, 0.25) is 0 Å². The number of amides is 1. The highest BCUT2D eigenvalue weighted by atomic mass is 16.2. The van der Waals surface area contributed by atoms with Crippen molar-refractivity contribution in [3.8, 4) is 0 Å². The van der Waals surface area contributed by atoms with E-state index in [1.165, 1.54) is 12.5 Å². The summed E-state index contributed by atoms with van der Waals surface area (Å²) in [5.41, 5.74) is 11.7. The molecule has 0 saturated carbocycles. The summed E-state index contributed by atoms with van der Waals surface area (Å²) < 4.78 is 0. The van der Waals surface area contributed by atoms with Crippen LogP contribution in [0, 0.1) is 0 Å². The predicted molar refractivity (Wildman–Crippen MR) is 89.3 cm³/mol. The number of rotatable bonds is 5. The molecule has 0 aliphatic carbocycles. The molecule has 3 aromatic rings. The first-order valence-electron chi connectivity index (χ1n) is 7.00. The minimum atomic E-state index is -0.409. The molecule has 0 spiro atoms. The lowest BCUT2D eigenvalue weighted by Gasteiger charge is -2.12. The van der Waals surface area contributed by atoms with Crippen LogP contribution in [0.15, 0.2) is 55.1 Å². The molecule has 0 aromatic carbocycles. The molecule has 0 fully saturated rings. The first-order chi connectivity index (χ1) is 11.7. The molecule has 0 unspecified atom stereocenters. The summed E-state index contributed by atoms with van der Waals surface area (Å²) in [4.78, 5) is 28.1. The molecule has 0 radical (unpaired) electrons. The summed E-state index contributed by atoms with van der Waals surface area (Å²) in [6.45, 7) is 0. The van der Waals surface area contributed by atoms with E-state index < -0.39 is 5.91 Å². The number of aromatic nitrogens is 4. The van der Waals surface area contributed by atoms with Gasteiger partial charge in [0.25, 0.3) is 5.91 Å². The number of nitrogens with zero attached hydrogens (tertiary/aromatic N) is 4. The Morgan fingerprint density at radius 2 is 1.67 bits per heavy atom. The van der Waals surface area contributed by atoms with Crippen LogP contribution in [0.25, 0.3) is 0 Å². The third kappa shape index (κ3) is 3.53. The molecule has 9 heteroatoms. The summed E-state index contributed by atoms with van der Waals surface area (Å²) >= 11 is 0. The summed E-state index contributed by atoms with van der Waals surface area (Å²) in [5.74, 6) is 0.810. The van der Waals surface area contributed by atoms with E-state index >= 15 is 0 Å². The minimum absolute atomic E-state index is 0.240. The number of nitrogen functional groups attached to an aromatic ring is 1. The van der Waals surface area contributed by atoms with Gasteiger partial charge < -0.3 is 11.1 Å². The standard InChI is InChI=1S/C15H14N8O/c16-12-13(21-11-6-2-4-8-18-11)19-9-20-14(12)22-23-15(24)10-5-1-3-7-17-10/h1-9H,16H2,(H,23,24)(H2,18,19,20,21,22). The van der Waals surface area contributed by atoms with Gasteiger partial charge in [-0.05, 0) is 24.3 Å². The molecule has 3 rings (SSSR count). The summed E-state index contributed by atoms with van der Waals surface area (Å²) in [5, 5.41) is 2.98. The molecule has 9 nitrogen and oxygen atoms in total. The smallest absolute Gasteiger partial charge is 0.288 e. The Balaban J connectivity index is 1.70. The maximum atomic E-state index is 12.0. The highest BCUT2D eigenvalue weighted by molar-refractivity contribution is 5.93. The van der Waals surface area contributed by atoms with E-state index in [2.05, 4.69) is 36.1 Å². The number of hydrazine groups is 1. The van der Waals surface area contributed by atoms with Crippen LogP contribution in [-0.4, -0.2) is 25.8 Å². The van der Waals surface area contributed by atoms with Gasteiger partial charge in [-0.25, -0.2) is 15.0 Å². The maximum Gasteiger partial charge on any atom is 0.288 e. The first-order valence-corrected chi connectivity index (χ1v) is 7.00. The molecule has 0 aliphatic heterocycles. The number of nitrogens with two attached hydrogens (primary N) is 1. The number of anilines is 4. The molecule has 1 amide bonds. The molecule has 0 aliphatic rings. The second-order valence-corrected chi connectivity index (χ2v) is 4.62. The summed E-state index contributed by atoms with van der Waals surface area (Å²) in [6, 6.07) is 10.4. The minimum Gasteiger partial charge on any atom is -0.393 e. The van der Waals surface area contributed by atoms with E-state index in [1.54, 1.807) is 36.5 Å². The zero-order valence-electron chi connectivity index (χ0n) is 12.5. The Labute approximate surface area is 137 Å². The molecule has 24 heavy (non-hydrogen) atoms. The van der Waals surface area contributed by atoms with E-state index in [-0.39, 0.29) is 17.2 Å². The first kappa shape index (κ1) is 15.2. The quantitative estimate of drug-likeness (QED) is 0.518. The second kappa shape index (κ2) is 7.01. The average molecular weight is 322 g/mol. The van der Waals surface area contributed by atoms with E-state index in [1.807, 2.05) is 6.07 Å². The number of carbonyl (C=O) groups excluding carboxylic acids is 1. The number of carbonyl (C=O) groups is 1. The normalized spacial score (nSPS) is 10.0. The highest BCUT2D eigenvalue weighted by Gasteiger charge is 2.11. The summed E-state index contributed by atoms with van der Waals surface area (Å²) in [7, 11) is 0. The summed E-state index contributed by atoms with van der Waals surface area (Å²) in [6.07, 6.45) is 4.49. The van der Waals surface area contributed by atoms with E-state index in [4.69, 9.17) is 5.73 Å². The Morgan fingerprint density at radius 1 is 0.917 bits per heavy atom. The van der Waals surface area contributed by atoms with Crippen molar-refractivity contribution in [3.05, 3.63) is 60.8 Å². The van der Waals surface area contributed by atoms with Crippen molar-refractivity contribution in [1.82, 2.24) is 25.4 Å². The molecule has 120 valence electrons. The van der Waals surface area contributed by atoms with Crippen LogP contribution < -0.4 is 21.9 Å². The fourth-order valence-corrected chi connectivity index (χ4v) is 1.83. The molecule has 0 bridgehead atoms. The predicted octanol–water partition coefficient (Wildman–Crippen LogP) is 1.35. The fraction of sp³-hybridized carbons (Fsp3) is 0. The van der Waals surface area contributed by atoms with Gasteiger partial charge in [-0.15, -0.1) is 0 Å². The number of hydrogen-bond acceptors (Lipinski definition) is 8. The van der Waals surface area contributed by atoms with Crippen LogP contribution in [0.4, 0.5) is 23.1 Å². The van der Waals surface area contributed by atoms with Gasteiger partial charge in [0.05, 0.1) is 0 Å². The van der Waals surface area contributed by atoms with Crippen LogP contribution in [0.5, 0.6) is 0 Å². The Morgan fingerprint density at radius 3 is 2.38 bits per heavy atom. The molecule has 0 atom stereocenters. The Hall–Kier alpha value is -3.75. The Bertz CT molecular complexity index is 825. The lowest BCUT2D eigenvalue weighted by molar-refractivity contribution is 0.0957. The Kier molecular flexibility index (Phi) is 4.43. The van der Waals surface area contributed by atoms with Crippen LogP contribution in [-0.2, 0) is 0 Å². The van der Waals surface area contributed by atoms with Crippen molar-refractivity contribution in [2.24, 2.45) is 0 Å². The van der Waals surface area contributed by atoms with Crippen molar-refractivity contribution in [2.45, 2.75) is 0 Å². The fourth-order valence-electron chi connectivity index (χ4n) is 1.83. The van der Waals surface area contributed by atoms with E-state index in [0.717, 1.165) is 0 Å². The van der Waals surface area contributed by atoms with Gasteiger partial charge in [-0.2, -0.15) is 0 Å². The number of nitrogens with one attached hydrogen (secondary N) is 3.